The van der Waals surface area contributed by atoms with Gasteiger partial charge in [-0.2, -0.15) is 0 Å². The predicted molar refractivity (Wildman–Crippen MR) is 189 cm³/mol. The van der Waals surface area contributed by atoms with Crippen LogP contribution in [0.4, 0.5) is 5.69 Å². The SMILES string of the molecule is CCCC(=O)c1ccc(C[C@@H](C(=O)Nc2ccc(-c3nc4ccccc4o3)cc2)c2ccc(C3=CC4CCC3(C)C4(C)C)cc2)cc1. The molecule has 5 aromatic rings. The number of para-hydroxylation sites is 2. The van der Waals surface area contributed by atoms with Crippen LogP contribution >= 0.6 is 0 Å². The van der Waals surface area contributed by atoms with Gasteiger partial charge in [0.25, 0.3) is 0 Å². The normalized spacial score (nSPS) is 20.3. The van der Waals surface area contributed by atoms with E-state index in [0.717, 1.165) is 39.8 Å². The summed E-state index contributed by atoms with van der Waals surface area (Å²) in [5.74, 6) is 0.814. The van der Waals surface area contributed by atoms with Crippen LogP contribution in [0.1, 0.15) is 86.3 Å². The third kappa shape index (κ3) is 5.62. The highest BCUT2D eigenvalue weighted by Crippen LogP contribution is 2.67. The number of aromatic nitrogens is 1. The molecule has 1 fully saturated rings. The van der Waals surface area contributed by atoms with Crippen LogP contribution in [0.15, 0.2) is 108 Å². The monoisotopic (exact) mass is 622 g/mol. The number of allylic oxidation sites excluding steroid dienone is 2. The zero-order chi connectivity index (χ0) is 32.8. The quantitative estimate of drug-likeness (QED) is 0.157. The number of ketones is 1. The van der Waals surface area contributed by atoms with Gasteiger partial charge in [-0.3, -0.25) is 9.59 Å². The van der Waals surface area contributed by atoms with E-state index in [1.807, 2.05) is 79.7 Å². The zero-order valence-electron chi connectivity index (χ0n) is 27.7. The fourth-order valence-corrected chi connectivity index (χ4v) is 7.72. The predicted octanol–water partition coefficient (Wildman–Crippen LogP) is 10.3. The number of anilines is 1. The van der Waals surface area contributed by atoms with Crippen LogP contribution in [0.25, 0.3) is 28.1 Å². The van der Waals surface area contributed by atoms with E-state index in [4.69, 9.17) is 4.42 Å². The zero-order valence-corrected chi connectivity index (χ0v) is 27.7. The van der Waals surface area contributed by atoms with E-state index < -0.39 is 5.92 Å². The van der Waals surface area contributed by atoms with Crippen molar-refractivity contribution < 1.29 is 14.0 Å². The summed E-state index contributed by atoms with van der Waals surface area (Å²) in [6, 6.07) is 31.7. The minimum atomic E-state index is -0.418. The Morgan fingerprint density at radius 1 is 0.894 bits per heavy atom. The minimum Gasteiger partial charge on any atom is -0.436 e. The average Bonchev–Trinajstić information content (AvgIpc) is 3.68. The second-order valence-corrected chi connectivity index (χ2v) is 14.1. The van der Waals surface area contributed by atoms with Crippen molar-refractivity contribution in [3.8, 4) is 11.5 Å². The van der Waals surface area contributed by atoms with Gasteiger partial charge in [-0.1, -0.05) is 94.4 Å². The third-order valence-corrected chi connectivity index (χ3v) is 11.1. The van der Waals surface area contributed by atoms with Gasteiger partial charge in [0.1, 0.15) is 5.52 Å². The molecule has 238 valence electrons. The first-order valence-electron chi connectivity index (χ1n) is 16.9. The number of carbonyl (C=O) groups excluding carboxylic acids is 2. The van der Waals surface area contributed by atoms with Crippen molar-refractivity contribution in [2.24, 2.45) is 16.7 Å². The van der Waals surface area contributed by atoms with Crippen molar-refractivity contribution in [1.29, 1.82) is 0 Å². The van der Waals surface area contributed by atoms with Crippen LogP contribution in [0, 0.1) is 16.7 Å². The first-order valence-corrected chi connectivity index (χ1v) is 16.9. The Labute approximate surface area is 277 Å². The molecule has 5 nitrogen and oxygen atoms in total. The lowest BCUT2D eigenvalue weighted by Gasteiger charge is -2.37. The number of benzene rings is 4. The molecule has 0 aliphatic heterocycles. The van der Waals surface area contributed by atoms with E-state index in [-0.39, 0.29) is 22.5 Å². The molecule has 2 unspecified atom stereocenters. The van der Waals surface area contributed by atoms with E-state index in [1.54, 1.807) is 0 Å². The summed E-state index contributed by atoms with van der Waals surface area (Å²) < 4.78 is 5.93. The Hall–Kier alpha value is -4.77. The Morgan fingerprint density at radius 3 is 2.23 bits per heavy atom. The molecule has 5 heteroatoms. The van der Waals surface area contributed by atoms with Gasteiger partial charge in [-0.25, -0.2) is 4.98 Å². The molecule has 1 N–H and O–H groups in total. The van der Waals surface area contributed by atoms with Crippen LogP contribution in [0.2, 0.25) is 0 Å². The fraction of sp³-hybridized carbons (Fsp3) is 0.310. The maximum atomic E-state index is 14.0. The molecule has 4 aromatic carbocycles. The maximum absolute atomic E-state index is 14.0. The number of Topliss-reactive ketones (excluding diaryl/α,β-unsaturated/α-hetero) is 1. The van der Waals surface area contributed by atoms with Crippen LogP contribution in [0.3, 0.4) is 0 Å². The van der Waals surface area contributed by atoms with E-state index in [1.165, 1.54) is 24.0 Å². The van der Waals surface area contributed by atoms with Crippen molar-refractivity contribution in [1.82, 2.24) is 4.98 Å². The van der Waals surface area contributed by atoms with Crippen molar-refractivity contribution in [2.45, 2.75) is 65.7 Å². The van der Waals surface area contributed by atoms with Gasteiger partial charge in [0.15, 0.2) is 11.4 Å². The molecule has 1 amide bonds. The summed E-state index contributed by atoms with van der Waals surface area (Å²) in [7, 11) is 0. The molecular formula is C42H42N2O3. The smallest absolute Gasteiger partial charge is 0.232 e. The van der Waals surface area contributed by atoms with Gasteiger partial charge in [0, 0.05) is 23.2 Å². The number of oxazole rings is 1. The van der Waals surface area contributed by atoms with Crippen molar-refractivity contribution in [2.75, 3.05) is 5.32 Å². The number of fused-ring (bicyclic) bond motifs is 3. The number of carbonyl (C=O) groups is 2. The Balaban J connectivity index is 1.14. The molecule has 2 aliphatic rings. The van der Waals surface area contributed by atoms with E-state index in [0.29, 0.717) is 30.3 Å². The van der Waals surface area contributed by atoms with E-state index >= 15 is 0 Å². The standard InChI is InChI=1S/C42H42N2O3/c1-5-8-37(45)30-13-11-27(12-14-30)25-34(28-15-17-29(18-16-28)35-26-32-23-24-42(35,4)41(32,2)3)39(46)43-33-21-19-31(20-22-33)40-44-36-9-6-7-10-38(36)47-40/h6-7,9-22,26,32,34H,5,8,23-25H2,1-4H3,(H,43,46)/t32?,34-,42?/m1/s1. The molecule has 2 aliphatic carbocycles. The van der Waals surface area contributed by atoms with Gasteiger partial charge in [-0.15, -0.1) is 0 Å². The average molecular weight is 623 g/mol. The molecule has 7 rings (SSSR count). The van der Waals surface area contributed by atoms with Gasteiger partial charge in [0.2, 0.25) is 11.8 Å². The second kappa shape index (κ2) is 12.1. The lowest BCUT2D eigenvalue weighted by molar-refractivity contribution is -0.117. The lowest BCUT2D eigenvalue weighted by atomic mass is 9.66. The number of amides is 1. The number of hydrogen-bond acceptors (Lipinski definition) is 4. The molecule has 3 atom stereocenters. The minimum absolute atomic E-state index is 0.0780. The number of nitrogens with zero attached hydrogens (tertiary/aromatic N) is 1. The third-order valence-electron chi connectivity index (χ3n) is 11.1. The van der Waals surface area contributed by atoms with Gasteiger partial charge in [-0.05, 0) is 101 Å². The summed E-state index contributed by atoms with van der Waals surface area (Å²) in [6.07, 6.45) is 6.84. The summed E-state index contributed by atoms with van der Waals surface area (Å²) in [5.41, 5.74) is 8.91. The van der Waals surface area contributed by atoms with Crippen molar-refractivity contribution >= 4 is 34.1 Å². The first kappa shape index (κ1) is 30.9. The Bertz CT molecular complexity index is 1930. The maximum Gasteiger partial charge on any atom is 0.232 e. The topological polar surface area (TPSA) is 72.2 Å². The summed E-state index contributed by atoms with van der Waals surface area (Å²) in [5, 5.41) is 3.17. The molecule has 47 heavy (non-hydrogen) atoms. The Kier molecular flexibility index (Phi) is 7.95. The van der Waals surface area contributed by atoms with Crippen LogP contribution < -0.4 is 5.32 Å². The molecule has 1 aromatic heterocycles. The highest BCUT2D eigenvalue weighted by atomic mass is 16.3. The van der Waals surface area contributed by atoms with Gasteiger partial charge < -0.3 is 9.73 Å². The summed E-state index contributed by atoms with van der Waals surface area (Å²) >= 11 is 0. The molecule has 0 saturated heterocycles. The molecule has 2 bridgehead atoms. The molecule has 0 spiro atoms. The number of hydrogen-bond donors (Lipinski definition) is 1. The summed E-state index contributed by atoms with van der Waals surface area (Å²) in [6.45, 7) is 9.24. The van der Waals surface area contributed by atoms with Gasteiger partial charge >= 0.3 is 0 Å². The van der Waals surface area contributed by atoms with E-state index in [2.05, 4.69) is 61.4 Å². The fourth-order valence-electron chi connectivity index (χ4n) is 7.72. The largest absolute Gasteiger partial charge is 0.436 e. The lowest BCUT2D eigenvalue weighted by Crippen LogP contribution is -2.29. The summed E-state index contributed by atoms with van der Waals surface area (Å²) in [4.78, 5) is 31.1. The molecule has 1 saturated carbocycles. The van der Waals surface area contributed by atoms with Crippen molar-refractivity contribution in [3.05, 3.63) is 125 Å². The van der Waals surface area contributed by atoms with Crippen LogP contribution in [0.5, 0.6) is 0 Å². The van der Waals surface area contributed by atoms with Crippen molar-refractivity contribution in [3.63, 3.8) is 0 Å². The highest BCUT2D eigenvalue weighted by molar-refractivity contribution is 5.97. The highest BCUT2D eigenvalue weighted by Gasteiger charge is 2.57. The molecular weight excluding hydrogens is 580 g/mol. The van der Waals surface area contributed by atoms with Crippen LogP contribution in [-0.4, -0.2) is 16.7 Å². The number of rotatable bonds is 10. The molecule has 1 heterocycles. The Morgan fingerprint density at radius 2 is 1.60 bits per heavy atom. The van der Waals surface area contributed by atoms with Crippen LogP contribution in [-0.2, 0) is 11.2 Å². The van der Waals surface area contributed by atoms with E-state index in [9.17, 15) is 9.59 Å². The second-order valence-electron chi connectivity index (χ2n) is 14.1. The first-order chi connectivity index (χ1) is 22.7. The molecule has 0 radical (unpaired) electrons. The van der Waals surface area contributed by atoms with Gasteiger partial charge in [0.05, 0.1) is 5.92 Å². The number of nitrogens with one attached hydrogen (secondary N) is 1.